The van der Waals surface area contributed by atoms with Gasteiger partial charge in [-0.05, 0) is 44.9 Å². The number of fused-ring (bicyclic) bond motifs is 1. The fraction of sp³-hybridized carbons (Fsp3) is 0.500. The van der Waals surface area contributed by atoms with E-state index in [1.807, 2.05) is 44.0 Å². The molecule has 0 atom stereocenters. The lowest BCUT2D eigenvalue weighted by molar-refractivity contribution is 0.0766. The molecule has 4 rings (SSSR count). The molecule has 0 aromatic carbocycles. The molecule has 0 saturated carbocycles. The highest BCUT2D eigenvalue weighted by molar-refractivity contribution is 7.20. The Bertz CT molecular complexity index is 1080. The first kappa shape index (κ1) is 22.5. The van der Waals surface area contributed by atoms with Crippen molar-refractivity contribution in [3.8, 4) is 0 Å². The van der Waals surface area contributed by atoms with Crippen LogP contribution in [-0.4, -0.2) is 65.0 Å². The van der Waals surface area contributed by atoms with Crippen LogP contribution in [0, 0.1) is 13.8 Å². The van der Waals surface area contributed by atoms with Crippen molar-refractivity contribution < 1.29 is 4.79 Å². The summed E-state index contributed by atoms with van der Waals surface area (Å²) in [6.07, 6.45) is 3.94. The molecule has 1 fully saturated rings. The monoisotopic (exact) mass is 452 g/mol. The van der Waals surface area contributed by atoms with Gasteiger partial charge < -0.3 is 14.7 Å². The van der Waals surface area contributed by atoms with Gasteiger partial charge >= 0.3 is 0 Å². The zero-order valence-electron chi connectivity index (χ0n) is 19.5. The van der Waals surface area contributed by atoms with Crippen LogP contribution in [0.4, 0.5) is 11.6 Å². The van der Waals surface area contributed by atoms with Crippen molar-refractivity contribution in [1.82, 2.24) is 19.9 Å². The minimum Gasteiger partial charge on any atom is -0.353 e. The number of carbonyl (C=O) groups is 1. The zero-order valence-corrected chi connectivity index (χ0v) is 20.3. The highest BCUT2D eigenvalue weighted by Gasteiger charge is 2.27. The smallest absolute Gasteiger partial charge is 0.264 e. The van der Waals surface area contributed by atoms with Crippen LogP contribution in [0.25, 0.3) is 10.2 Å². The number of amides is 1. The molecule has 4 heterocycles. The Labute approximate surface area is 194 Å². The largest absolute Gasteiger partial charge is 0.353 e. The third kappa shape index (κ3) is 4.41. The lowest BCUT2D eigenvalue weighted by Crippen LogP contribution is -2.47. The average molecular weight is 453 g/mol. The number of anilines is 2. The minimum atomic E-state index is 0.116. The molecule has 1 aliphatic rings. The Kier molecular flexibility index (Phi) is 6.89. The van der Waals surface area contributed by atoms with Gasteiger partial charge in [0, 0.05) is 45.5 Å². The number of rotatable bonds is 7. The number of pyridine rings is 1. The van der Waals surface area contributed by atoms with Gasteiger partial charge in [-0.1, -0.05) is 19.4 Å². The summed E-state index contributed by atoms with van der Waals surface area (Å²) in [5.41, 5.74) is 1.01. The summed E-state index contributed by atoms with van der Waals surface area (Å²) in [6, 6.07) is 6.03. The molecule has 32 heavy (non-hydrogen) atoms. The molecule has 0 spiro atoms. The molecule has 0 radical (unpaired) electrons. The van der Waals surface area contributed by atoms with E-state index in [9.17, 15) is 4.79 Å². The van der Waals surface area contributed by atoms with E-state index in [0.717, 1.165) is 90.2 Å². The Morgan fingerprint density at radius 3 is 2.50 bits per heavy atom. The zero-order chi connectivity index (χ0) is 22.7. The molecule has 1 aliphatic heterocycles. The van der Waals surface area contributed by atoms with Crippen LogP contribution in [-0.2, 0) is 0 Å². The number of nitrogens with zero attached hydrogens (tertiary/aromatic N) is 6. The first-order chi connectivity index (χ1) is 15.5. The molecule has 0 bridgehead atoms. The van der Waals surface area contributed by atoms with E-state index in [1.165, 1.54) is 11.3 Å². The summed E-state index contributed by atoms with van der Waals surface area (Å²) in [5.74, 6) is 2.84. The number of carbonyl (C=O) groups excluding carboxylic acids is 1. The van der Waals surface area contributed by atoms with Crippen LogP contribution >= 0.6 is 11.3 Å². The summed E-state index contributed by atoms with van der Waals surface area (Å²) in [7, 11) is 0. The normalized spacial score (nSPS) is 14.2. The molecule has 0 N–H and O–H groups in total. The van der Waals surface area contributed by atoms with E-state index in [4.69, 9.17) is 9.97 Å². The van der Waals surface area contributed by atoms with Gasteiger partial charge in [-0.25, -0.2) is 15.0 Å². The predicted octanol–water partition coefficient (Wildman–Crippen LogP) is 4.29. The second kappa shape index (κ2) is 9.81. The van der Waals surface area contributed by atoms with Crippen LogP contribution in [0.5, 0.6) is 0 Å². The van der Waals surface area contributed by atoms with Crippen molar-refractivity contribution in [3.05, 3.63) is 40.7 Å². The molecule has 1 amide bonds. The number of hydrogen-bond donors (Lipinski definition) is 0. The number of hydrogen-bond acceptors (Lipinski definition) is 7. The highest BCUT2D eigenvalue weighted by atomic mass is 32.1. The standard InChI is InChI=1S/C24H32N6OS/c1-5-7-12-28(6-2)24(31)21-17(3)20-22(26-18(4)27-23(20)32-21)30-15-13-29(14-16-30)19-10-8-9-11-25-19/h8-11H,5-7,12-16H2,1-4H3. The number of unbranched alkanes of at least 4 members (excludes halogenated alkanes) is 1. The third-order valence-corrected chi connectivity index (χ3v) is 7.25. The van der Waals surface area contributed by atoms with E-state index in [1.54, 1.807) is 0 Å². The summed E-state index contributed by atoms with van der Waals surface area (Å²) in [5, 5.41) is 1.03. The molecule has 1 saturated heterocycles. The van der Waals surface area contributed by atoms with Crippen LogP contribution < -0.4 is 9.80 Å². The minimum absolute atomic E-state index is 0.116. The first-order valence-electron chi connectivity index (χ1n) is 11.5. The van der Waals surface area contributed by atoms with Gasteiger partial charge in [0.05, 0.1) is 10.3 Å². The maximum Gasteiger partial charge on any atom is 0.264 e. The van der Waals surface area contributed by atoms with Gasteiger partial charge in [0.25, 0.3) is 5.91 Å². The topological polar surface area (TPSA) is 65.5 Å². The lowest BCUT2D eigenvalue weighted by atomic mass is 10.1. The van der Waals surface area contributed by atoms with Crippen molar-refractivity contribution in [3.63, 3.8) is 0 Å². The number of aromatic nitrogens is 3. The highest BCUT2D eigenvalue weighted by Crippen LogP contribution is 2.36. The molecule has 7 nitrogen and oxygen atoms in total. The molecular formula is C24H32N6OS. The Hall–Kier alpha value is -2.74. The van der Waals surface area contributed by atoms with Gasteiger partial charge in [0.15, 0.2) is 0 Å². The second-order valence-electron chi connectivity index (χ2n) is 8.23. The van der Waals surface area contributed by atoms with Crippen molar-refractivity contribution in [2.75, 3.05) is 49.1 Å². The SMILES string of the molecule is CCCCN(CC)C(=O)c1sc2nc(C)nc(N3CCN(c4ccccn4)CC3)c2c1C. The van der Waals surface area contributed by atoms with Crippen LogP contribution in [0.1, 0.15) is 47.7 Å². The van der Waals surface area contributed by atoms with E-state index in [-0.39, 0.29) is 5.91 Å². The molecule has 3 aromatic heterocycles. The van der Waals surface area contributed by atoms with Crippen molar-refractivity contribution >= 4 is 39.1 Å². The van der Waals surface area contributed by atoms with Crippen molar-refractivity contribution in [2.24, 2.45) is 0 Å². The fourth-order valence-corrected chi connectivity index (χ4v) is 5.43. The number of aryl methyl sites for hydroxylation is 2. The van der Waals surface area contributed by atoms with E-state index < -0.39 is 0 Å². The molecule has 3 aromatic rings. The predicted molar refractivity (Wildman–Crippen MR) is 132 cm³/mol. The fourth-order valence-electron chi connectivity index (χ4n) is 4.24. The van der Waals surface area contributed by atoms with E-state index in [0.29, 0.717) is 0 Å². The van der Waals surface area contributed by atoms with Gasteiger partial charge in [-0.2, -0.15) is 0 Å². The maximum atomic E-state index is 13.3. The molecule has 0 unspecified atom stereocenters. The molecule has 0 aliphatic carbocycles. The quantitative estimate of drug-likeness (QED) is 0.533. The molecular weight excluding hydrogens is 420 g/mol. The van der Waals surface area contributed by atoms with Gasteiger partial charge in [0.2, 0.25) is 0 Å². The van der Waals surface area contributed by atoms with E-state index in [2.05, 4.69) is 27.8 Å². The van der Waals surface area contributed by atoms with Crippen molar-refractivity contribution in [1.29, 1.82) is 0 Å². The summed E-state index contributed by atoms with van der Waals surface area (Å²) in [6.45, 7) is 13.2. The third-order valence-electron chi connectivity index (χ3n) is 6.08. The van der Waals surface area contributed by atoms with Gasteiger partial charge in [-0.15, -0.1) is 11.3 Å². The maximum absolute atomic E-state index is 13.3. The molecule has 170 valence electrons. The van der Waals surface area contributed by atoms with Crippen molar-refractivity contribution in [2.45, 2.75) is 40.5 Å². The van der Waals surface area contributed by atoms with Gasteiger partial charge in [-0.3, -0.25) is 4.79 Å². The van der Waals surface area contributed by atoms with Crippen LogP contribution in [0.15, 0.2) is 24.4 Å². The second-order valence-corrected chi connectivity index (χ2v) is 9.23. The van der Waals surface area contributed by atoms with E-state index >= 15 is 0 Å². The average Bonchev–Trinajstić information content (AvgIpc) is 3.15. The molecule has 8 heteroatoms. The summed E-state index contributed by atoms with van der Waals surface area (Å²) < 4.78 is 0. The lowest BCUT2D eigenvalue weighted by Gasteiger charge is -2.36. The summed E-state index contributed by atoms with van der Waals surface area (Å²) >= 11 is 1.51. The van der Waals surface area contributed by atoms with Crippen LogP contribution in [0.2, 0.25) is 0 Å². The number of thiophene rings is 1. The first-order valence-corrected chi connectivity index (χ1v) is 12.3. The van der Waals surface area contributed by atoms with Gasteiger partial charge in [0.1, 0.15) is 22.3 Å². The Morgan fingerprint density at radius 2 is 1.84 bits per heavy atom. The Morgan fingerprint density at radius 1 is 1.09 bits per heavy atom. The Balaban J connectivity index is 1.62. The van der Waals surface area contributed by atoms with Crippen LogP contribution in [0.3, 0.4) is 0 Å². The number of piperazine rings is 1. The summed E-state index contributed by atoms with van der Waals surface area (Å²) in [4.78, 5) is 35.6.